The molecule has 0 bridgehead atoms. The fraction of sp³-hybridized carbons (Fsp3) is 0.0185. The van der Waals surface area contributed by atoms with E-state index in [1.807, 2.05) is 31.2 Å². The minimum atomic E-state index is 0.691. The van der Waals surface area contributed by atoms with Gasteiger partial charge in [0.05, 0.1) is 16.1 Å². The maximum absolute atomic E-state index is 6.37. The molecule has 0 N–H and O–H groups in total. The summed E-state index contributed by atoms with van der Waals surface area (Å²) < 4.78 is 13.7. The summed E-state index contributed by atoms with van der Waals surface area (Å²) in [6.07, 6.45) is 5.85. The Balaban J connectivity index is 1.00. The number of allylic oxidation sites excluding steroid dienone is 1. The zero-order valence-corrected chi connectivity index (χ0v) is 34.3. The van der Waals surface area contributed by atoms with Crippen LogP contribution in [0.25, 0.3) is 87.0 Å². The first-order chi connectivity index (χ1) is 30.6. The van der Waals surface area contributed by atoms with Gasteiger partial charge in [0.2, 0.25) is 0 Å². The predicted molar refractivity (Wildman–Crippen MR) is 259 cm³/mol. The number of para-hydroxylation sites is 1. The second-order valence-corrected chi connectivity index (χ2v) is 16.3. The lowest BCUT2D eigenvalue weighted by molar-refractivity contribution is 0.603. The molecule has 0 spiro atoms. The molecular weight excluding hydrogens is 783 g/mol. The number of hydrogen-bond donors (Lipinski definition) is 0. The lowest BCUT2D eigenvalue weighted by atomic mass is 10.1. The van der Waals surface area contributed by atoms with Crippen molar-refractivity contribution < 1.29 is 8.83 Å². The van der Waals surface area contributed by atoms with Gasteiger partial charge in [0, 0.05) is 56.7 Å². The van der Waals surface area contributed by atoms with Gasteiger partial charge in [-0.05, 0) is 101 Å². The van der Waals surface area contributed by atoms with Crippen molar-refractivity contribution in [1.29, 1.82) is 0 Å². The van der Waals surface area contributed by atoms with E-state index in [2.05, 4.69) is 168 Å². The average molecular weight is 818 g/mol. The highest BCUT2D eigenvalue weighted by atomic mass is 32.1. The summed E-state index contributed by atoms with van der Waals surface area (Å²) in [5.41, 5.74) is 8.05. The van der Waals surface area contributed by atoms with Crippen molar-refractivity contribution in [3.05, 3.63) is 188 Å². The first-order valence-electron chi connectivity index (χ1n) is 20.5. The fourth-order valence-electron chi connectivity index (χ4n) is 8.72. The van der Waals surface area contributed by atoms with Gasteiger partial charge in [-0.1, -0.05) is 97.6 Å². The van der Waals surface area contributed by atoms with Crippen LogP contribution in [0.1, 0.15) is 18.2 Å². The number of furan rings is 2. The van der Waals surface area contributed by atoms with Crippen LogP contribution in [0.3, 0.4) is 0 Å². The molecule has 62 heavy (non-hydrogen) atoms. The molecule has 0 saturated heterocycles. The normalized spacial score (nSPS) is 12.0. The van der Waals surface area contributed by atoms with E-state index in [4.69, 9.17) is 24.0 Å². The van der Waals surface area contributed by atoms with Gasteiger partial charge < -0.3 is 8.83 Å². The third-order valence-electron chi connectivity index (χ3n) is 11.6. The number of pyridine rings is 1. The third kappa shape index (κ3) is 5.84. The van der Waals surface area contributed by atoms with Gasteiger partial charge in [-0.2, -0.15) is 0 Å². The maximum atomic E-state index is 6.37. The molecular formula is C54H35N5O2S. The molecule has 0 aliphatic rings. The van der Waals surface area contributed by atoms with Crippen molar-refractivity contribution in [3.8, 4) is 0 Å². The molecule has 0 aliphatic heterocycles. The highest BCUT2D eigenvalue weighted by molar-refractivity contribution is 7.25. The smallest absolute Gasteiger partial charge is 0.161 e. The fourth-order valence-corrected chi connectivity index (χ4v) is 9.76. The van der Waals surface area contributed by atoms with Gasteiger partial charge in [0.1, 0.15) is 38.7 Å². The molecule has 7 nitrogen and oxygen atoms in total. The summed E-state index contributed by atoms with van der Waals surface area (Å²) in [5.74, 6) is 2.20. The molecule has 0 fully saturated rings. The molecule has 12 aromatic rings. The standard InChI is InChI=1S/C54H35N5O2S/c1-3-11-41-43-24-22-39(30-48(43)60-46(41)4-2)58(37-20-18-33-12-5-7-14-35(33)28-37)51-27-26-45-53-50(62-54(45)55-51)32-52(56-57-53)59(38-21-19-34-13-6-8-15-36(34)29-38)40-23-25-44-42-16-9-10-17-47(42)61-49(44)31-40/h3-32H,2H2,1H3/b11-3-. The molecule has 0 aliphatic carbocycles. The topological polar surface area (TPSA) is 71.4 Å². The van der Waals surface area contributed by atoms with Crippen molar-refractivity contribution >= 4 is 133 Å². The average Bonchev–Trinajstić information content (AvgIpc) is 3.99. The van der Waals surface area contributed by atoms with E-state index in [1.165, 1.54) is 10.8 Å². The van der Waals surface area contributed by atoms with Crippen molar-refractivity contribution in [2.75, 3.05) is 9.80 Å². The Morgan fingerprint density at radius 1 is 0.516 bits per heavy atom. The molecule has 5 heterocycles. The Bertz CT molecular complexity index is 3780. The van der Waals surface area contributed by atoms with Crippen molar-refractivity contribution in [2.45, 2.75) is 6.92 Å². The highest BCUT2D eigenvalue weighted by Gasteiger charge is 2.22. The molecule has 5 aromatic heterocycles. The summed E-state index contributed by atoms with van der Waals surface area (Å²) >= 11 is 1.61. The maximum Gasteiger partial charge on any atom is 0.161 e. The number of rotatable bonds is 8. The lowest BCUT2D eigenvalue weighted by Crippen LogP contribution is -2.12. The van der Waals surface area contributed by atoms with Gasteiger partial charge in [-0.25, -0.2) is 4.98 Å². The minimum absolute atomic E-state index is 0.691. The second-order valence-electron chi connectivity index (χ2n) is 15.3. The quantitative estimate of drug-likeness (QED) is 0.151. The van der Waals surface area contributed by atoms with Crippen molar-refractivity contribution in [3.63, 3.8) is 0 Å². The number of aromatic nitrogens is 3. The van der Waals surface area contributed by atoms with Crippen LogP contribution in [0.5, 0.6) is 0 Å². The van der Waals surface area contributed by atoms with Gasteiger partial charge in [-0.3, -0.25) is 9.80 Å². The Morgan fingerprint density at radius 2 is 1.10 bits per heavy atom. The van der Waals surface area contributed by atoms with Gasteiger partial charge >= 0.3 is 0 Å². The second kappa shape index (κ2) is 14.3. The number of benzene rings is 7. The van der Waals surface area contributed by atoms with E-state index in [-0.39, 0.29) is 0 Å². The van der Waals surface area contributed by atoms with E-state index in [9.17, 15) is 0 Å². The van der Waals surface area contributed by atoms with Crippen LogP contribution in [-0.4, -0.2) is 15.2 Å². The molecule has 0 unspecified atom stereocenters. The van der Waals surface area contributed by atoms with E-state index in [0.29, 0.717) is 5.82 Å². The molecule has 7 aromatic carbocycles. The van der Waals surface area contributed by atoms with Crippen molar-refractivity contribution in [1.82, 2.24) is 15.2 Å². The van der Waals surface area contributed by atoms with Crippen LogP contribution in [0.4, 0.5) is 34.4 Å². The predicted octanol–water partition coefficient (Wildman–Crippen LogP) is 15.8. The van der Waals surface area contributed by atoms with E-state index < -0.39 is 0 Å². The van der Waals surface area contributed by atoms with E-state index >= 15 is 0 Å². The molecule has 0 radical (unpaired) electrons. The minimum Gasteiger partial charge on any atom is -0.456 e. The lowest BCUT2D eigenvalue weighted by Gasteiger charge is -2.24. The highest BCUT2D eigenvalue weighted by Crippen LogP contribution is 2.43. The number of hydrogen-bond acceptors (Lipinski definition) is 8. The first-order valence-corrected chi connectivity index (χ1v) is 21.3. The SMILES string of the molecule is C=Cc1oc2cc(N(c3ccc4ccccc4c3)c3ccc4c(n3)sc3cc(N(c5ccc6ccccc6c5)c5ccc6c(c5)oc5ccccc56)nnc34)ccc2c1/C=C\C. The number of thiophene rings is 1. The molecule has 0 atom stereocenters. The summed E-state index contributed by atoms with van der Waals surface area (Å²) in [5, 5.41) is 18.6. The van der Waals surface area contributed by atoms with Crippen LogP contribution in [-0.2, 0) is 0 Å². The van der Waals surface area contributed by atoms with E-state index in [1.54, 1.807) is 17.4 Å². The number of fused-ring (bicyclic) bond motifs is 9. The van der Waals surface area contributed by atoms with Crippen LogP contribution < -0.4 is 9.80 Å². The summed E-state index contributed by atoms with van der Waals surface area (Å²) in [6, 6.07) is 56.9. The monoisotopic (exact) mass is 817 g/mol. The Labute approximate surface area is 359 Å². The van der Waals surface area contributed by atoms with Crippen LogP contribution >= 0.6 is 11.3 Å². The van der Waals surface area contributed by atoms with Crippen LogP contribution in [0.2, 0.25) is 0 Å². The number of nitrogens with zero attached hydrogens (tertiary/aromatic N) is 5. The molecule has 12 rings (SSSR count). The molecule has 0 saturated carbocycles. The first kappa shape index (κ1) is 35.8. The zero-order chi connectivity index (χ0) is 41.3. The molecule has 294 valence electrons. The summed E-state index contributed by atoms with van der Waals surface area (Å²) in [6.45, 7) is 6.02. The summed E-state index contributed by atoms with van der Waals surface area (Å²) in [4.78, 5) is 10.6. The molecule has 0 amide bonds. The van der Waals surface area contributed by atoms with E-state index in [0.717, 1.165) is 104 Å². The number of anilines is 6. The van der Waals surface area contributed by atoms with Crippen LogP contribution in [0.15, 0.2) is 185 Å². The van der Waals surface area contributed by atoms with Gasteiger partial charge in [0.25, 0.3) is 0 Å². The van der Waals surface area contributed by atoms with Crippen molar-refractivity contribution in [2.24, 2.45) is 0 Å². The Kier molecular flexibility index (Phi) is 8.26. The van der Waals surface area contributed by atoms with Gasteiger partial charge in [-0.15, -0.1) is 21.5 Å². The summed E-state index contributed by atoms with van der Waals surface area (Å²) in [7, 11) is 0. The Hall–Kier alpha value is -8.07. The third-order valence-corrected chi connectivity index (χ3v) is 12.7. The van der Waals surface area contributed by atoms with Gasteiger partial charge in [0.15, 0.2) is 5.82 Å². The zero-order valence-electron chi connectivity index (χ0n) is 33.5. The molecule has 8 heteroatoms. The largest absolute Gasteiger partial charge is 0.456 e. The Morgan fingerprint density at radius 3 is 1.81 bits per heavy atom. The van der Waals surface area contributed by atoms with Crippen LogP contribution in [0, 0.1) is 0 Å².